The number of amides is 1. The van der Waals surface area contributed by atoms with Gasteiger partial charge in [0.25, 0.3) is 5.91 Å². The number of hydrazone groups is 1. The maximum atomic E-state index is 12.7. The van der Waals surface area contributed by atoms with Crippen molar-refractivity contribution in [3.63, 3.8) is 0 Å². The lowest BCUT2D eigenvalue weighted by Gasteiger charge is -2.06. The van der Waals surface area contributed by atoms with Gasteiger partial charge >= 0.3 is 0 Å². The minimum atomic E-state index is -0.397. The second-order valence-electron chi connectivity index (χ2n) is 4.54. The lowest BCUT2D eigenvalue weighted by molar-refractivity contribution is -0.123. The van der Waals surface area contributed by atoms with Crippen LogP contribution < -0.4 is 10.2 Å². The molecule has 0 unspecified atom stereocenters. The lowest BCUT2D eigenvalue weighted by Crippen LogP contribution is -2.24. The molecule has 4 nitrogen and oxygen atoms in total. The number of rotatable bonds is 5. The highest BCUT2D eigenvalue weighted by molar-refractivity contribution is 6.31. The van der Waals surface area contributed by atoms with Crippen LogP contribution in [0.4, 0.5) is 4.39 Å². The van der Waals surface area contributed by atoms with Crippen molar-refractivity contribution in [1.29, 1.82) is 0 Å². The lowest BCUT2D eigenvalue weighted by atomic mass is 10.2. The van der Waals surface area contributed by atoms with E-state index >= 15 is 0 Å². The Balaban J connectivity index is 1.80. The molecule has 0 saturated heterocycles. The average Bonchev–Trinajstić information content (AvgIpc) is 2.50. The molecule has 0 radical (unpaired) electrons. The largest absolute Gasteiger partial charge is 0.484 e. The molecule has 2 rings (SSSR count). The van der Waals surface area contributed by atoms with Gasteiger partial charge in [-0.15, -0.1) is 0 Å². The van der Waals surface area contributed by atoms with Crippen LogP contribution in [0.2, 0.25) is 5.02 Å². The molecule has 1 amide bonds. The SMILES string of the molecule is Cc1cc(OCC(=O)N/N=C/c2ccc(F)cc2)ccc1Cl. The molecule has 0 bridgehead atoms. The molecular weight excluding hydrogens is 307 g/mol. The quantitative estimate of drug-likeness (QED) is 0.678. The number of nitrogens with zero attached hydrogens (tertiary/aromatic N) is 1. The fourth-order valence-electron chi connectivity index (χ4n) is 1.62. The Morgan fingerprint density at radius 1 is 1.32 bits per heavy atom. The molecule has 1 N–H and O–H groups in total. The fraction of sp³-hybridized carbons (Fsp3) is 0.125. The average molecular weight is 321 g/mol. The molecule has 114 valence electrons. The van der Waals surface area contributed by atoms with Gasteiger partial charge in [-0.3, -0.25) is 4.79 Å². The summed E-state index contributed by atoms with van der Waals surface area (Å²) in [5.41, 5.74) is 3.87. The van der Waals surface area contributed by atoms with Gasteiger partial charge < -0.3 is 4.74 Å². The van der Waals surface area contributed by atoms with E-state index < -0.39 is 5.91 Å². The molecule has 6 heteroatoms. The zero-order chi connectivity index (χ0) is 15.9. The summed E-state index contributed by atoms with van der Waals surface area (Å²) in [6.07, 6.45) is 1.42. The second kappa shape index (κ2) is 7.56. The number of aryl methyl sites for hydroxylation is 1. The van der Waals surface area contributed by atoms with Crippen molar-refractivity contribution in [3.05, 3.63) is 64.4 Å². The van der Waals surface area contributed by atoms with Gasteiger partial charge in [-0.2, -0.15) is 5.10 Å². The van der Waals surface area contributed by atoms with Crippen LogP contribution in [0.3, 0.4) is 0 Å². The first-order valence-corrected chi connectivity index (χ1v) is 6.89. The van der Waals surface area contributed by atoms with Crippen LogP contribution in [0.5, 0.6) is 5.75 Å². The van der Waals surface area contributed by atoms with Crippen molar-refractivity contribution in [3.8, 4) is 5.75 Å². The highest BCUT2D eigenvalue weighted by atomic mass is 35.5. The third kappa shape index (κ3) is 4.86. The Labute approximate surface area is 132 Å². The summed E-state index contributed by atoms with van der Waals surface area (Å²) in [7, 11) is 0. The zero-order valence-corrected chi connectivity index (χ0v) is 12.6. The van der Waals surface area contributed by atoms with Gasteiger partial charge in [0, 0.05) is 5.02 Å². The molecular formula is C16H14ClFN2O2. The van der Waals surface area contributed by atoms with Gasteiger partial charge in [0.1, 0.15) is 11.6 Å². The molecule has 0 aliphatic rings. The van der Waals surface area contributed by atoms with Crippen molar-refractivity contribution in [2.24, 2.45) is 5.10 Å². The highest BCUT2D eigenvalue weighted by Gasteiger charge is 2.03. The van der Waals surface area contributed by atoms with E-state index in [1.165, 1.54) is 18.3 Å². The number of hydrogen-bond acceptors (Lipinski definition) is 3. The van der Waals surface area contributed by atoms with Crippen LogP contribution in [-0.4, -0.2) is 18.7 Å². The summed E-state index contributed by atoms with van der Waals surface area (Å²) in [5.74, 6) is -0.168. The number of halogens is 2. The first kappa shape index (κ1) is 16.0. The minimum absolute atomic E-state index is 0.165. The van der Waals surface area contributed by atoms with Crippen molar-refractivity contribution in [1.82, 2.24) is 5.43 Å². The summed E-state index contributed by atoms with van der Waals surface area (Å²) in [6, 6.07) is 10.9. The molecule has 0 aliphatic heterocycles. The molecule has 0 saturated carbocycles. The van der Waals surface area contributed by atoms with Crippen LogP contribution >= 0.6 is 11.6 Å². The summed E-state index contributed by atoms with van der Waals surface area (Å²) < 4.78 is 18.0. The zero-order valence-electron chi connectivity index (χ0n) is 11.8. The molecule has 0 aliphatic carbocycles. The number of ether oxygens (including phenoxy) is 1. The Kier molecular flexibility index (Phi) is 5.49. The Morgan fingerprint density at radius 3 is 2.73 bits per heavy atom. The molecule has 2 aromatic carbocycles. The van der Waals surface area contributed by atoms with Crippen molar-refractivity contribution in [2.75, 3.05) is 6.61 Å². The van der Waals surface area contributed by atoms with E-state index in [4.69, 9.17) is 16.3 Å². The van der Waals surface area contributed by atoms with Gasteiger partial charge in [0.15, 0.2) is 6.61 Å². The van der Waals surface area contributed by atoms with E-state index in [-0.39, 0.29) is 12.4 Å². The molecule has 0 heterocycles. The van der Waals surface area contributed by atoms with Crippen molar-refractivity contribution < 1.29 is 13.9 Å². The van der Waals surface area contributed by atoms with Gasteiger partial charge in [-0.05, 0) is 48.4 Å². The normalized spacial score (nSPS) is 10.7. The maximum Gasteiger partial charge on any atom is 0.277 e. The Hall–Kier alpha value is -2.40. The topological polar surface area (TPSA) is 50.7 Å². The van der Waals surface area contributed by atoms with E-state index in [9.17, 15) is 9.18 Å². The molecule has 0 fully saturated rings. The van der Waals surface area contributed by atoms with Crippen LogP contribution in [0, 0.1) is 12.7 Å². The smallest absolute Gasteiger partial charge is 0.277 e. The molecule has 0 spiro atoms. The number of benzene rings is 2. The minimum Gasteiger partial charge on any atom is -0.484 e. The third-order valence-electron chi connectivity index (χ3n) is 2.77. The Morgan fingerprint density at radius 2 is 2.05 bits per heavy atom. The van der Waals surface area contributed by atoms with Gasteiger partial charge in [-0.25, -0.2) is 9.82 Å². The van der Waals surface area contributed by atoms with Gasteiger partial charge in [0.2, 0.25) is 0 Å². The number of carbonyl (C=O) groups excluding carboxylic acids is 1. The Bertz CT molecular complexity index is 687. The first-order chi connectivity index (χ1) is 10.5. The highest BCUT2D eigenvalue weighted by Crippen LogP contribution is 2.20. The number of carbonyl (C=O) groups is 1. The van der Waals surface area contributed by atoms with E-state index in [0.29, 0.717) is 16.3 Å². The maximum absolute atomic E-state index is 12.7. The molecule has 0 aromatic heterocycles. The summed E-state index contributed by atoms with van der Waals surface area (Å²) in [6.45, 7) is 1.68. The fourth-order valence-corrected chi connectivity index (χ4v) is 1.73. The monoisotopic (exact) mass is 320 g/mol. The summed E-state index contributed by atoms with van der Waals surface area (Å²) in [4.78, 5) is 11.6. The van der Waals surface area contributed by atoms with Gasteiger partial charge in [-0.1, -0.05) is 23.7 Å². The van der Waals surface area contributed by atoms with Crippen LogP contribution in [0.15, 0.2) is 47.6 Å². The van der Waals surface area contributed by atoms with Gasteiger partial charge in [0.05, 0.1) is 6.21 Å². The third-order valence-corrected chi connectivity index (χ3v) is 3.20. The predicted molar refractivity (Wildman–Crippen MR) is 83.8 cm³/mol. The molecule has 0 atom stereocenters. The van der Waals surface area contributed by atoms with Crippen molar-refractivity contribution in [2.45, 2.75) is 6.92 Å². The van der Waals surface area contributed by atoms with E-state index in [2.05, 4.69) is 10.5 Å². The van der Waals surface area contributed by atoms with E-state index in [0.717, 1.165) is 5.56 Å². The van der Waals surface area contributed by atoms with Crippen LogP contribution in [0.25, 0.3) is 0 Å². The molecule has 2 aromatic rings. The summed E-state index contributed by atoms with van der Waals surface area (Å²) >= 11 is 5.90. The number of nitrogens with one attached hydrogen (secondary N) is 1. The second-order valence-corrected chi connectivity index (χ2v) is 4.95. The summed E-state index contributed by atoms with van der Waals surface area (Å²) in [5, 5.41) is 4.41. The molecule has 22 heavy (non-hydrogen) atoms. The van der Waals surface area contributed by atoms with Crippen LogP contribution in [-0.2, 0) is 4.79 Å². The first-order valence-electron chi connectivity index (χ1n) is 6.51. The number of hydrogen-bond donors (Lipinski definition) is 1. The van der Waals surface area contributed by atoms with E-state index in [1.807, 2.05) is 6.92 Å². The standard InChI is InChI=1S/C16H14ClFN2O2/c1-11-8-14(6-7-15(11)17)22-10-16(21)20-19-9-12-2-4-13(18)5-3-12/h2-9H,10H2,1H3,(H,20,21)/b19-9+. The predicted octanol–water partition coefficient (Wildman–Crippen LogP) is 3.32. The van der Waals surface area contributed by atoms with Crippen LogP contribution in [0.1, 0.15) is 11.1 Å². The van der Waals surface area contributed by atoms with Crippen molar-refractivity contribution >= 4 is 23.7 Å². The van der Waals surface area contributed by atoms with E-state index in [1.54, 1.807) is 30.3 Å².